The summed E-state index contributed by atoms with van der Waals surface area (Å²) in [5.74, 6) is -0.296. The summed E-state index contributed by atoms with van der Waals surface area (Å²) in [5.41, 5.74) is 0.677. The summed E-state index contributed by atoms with van der Waals surface area (Å²) in [7, 11) is 0. The standard InChI is InChI=1S/C13H14ClFO2/c14-13-7-10(15)4-3-9(13)6-11(16)8-12-2-1-5-17-12/h3-4,7,12H,1-2,5-6,8H2. The van der Waals surface area contributed by atoms with Crippen LogP contribution in [0.1, 0.15) is 24.8 Å². The first kappa shape index (κ1) is 12.5. The zero-order valence-corrected chi connectivity index (χ0v) is 10.2. The SMILES string of the molecule is O=C(Cc1ccc(F)cc1Cl)CC1CCCO1. The van der Waals surface area contributed by atoms with E-state index in [1.807, 2.05) is 0 Å². The van der Waals surface area contributed by atoms with E-state index < -0.39 is 0 Å². The van der Waals surface area contributed by atoms with Crippen LogP contribution in [0, 0.1) is 5.82 Å². The minimum Gasteiger partial charge on any atom is -0.378 e. The third-order valence-electron chi connectivity index (χ3n) is 2.88. The molecular formula is C13H14ClFO2. The number of hydrogen-bond donors (Lipinski definition) is 0. The number of Topliss-reactive ketones (excluding diaryl/α,β-unsaturated/α-hetero) is 1. The third-order valence-corrected chi connectivity index (χ3v) is 3.23. The van der Waals surface area contributed by atoms with Crippen molar-refractivity contribution in [3.63, 3.8) is 0 Å². The lowest BCUT2D eigenvalue weighted by atomic mass is 10.0. The van der Waals surface area contributed by atoms with Gasteiger partial charge in [0.25, 0.3) is 0 Å². The molecule has 0 spiro atoms. The Bertz CT molecular complexity index is 414. The molecule has 1 aromatic rings. The van der Waals surface area contributed by atoms with Crippen LogP contribution in [0.15, 0.2) is 18.2 Å². The van der Waals surface area contributed by atoms with E-state index in [9.17, 15) is 9.18 Å². The largest absolute Gasteiger partial charge is 0.378 e. The van der Waals surface area contributed by atoms with E-state index >= 15 is 0 Å². The van der Waals surface area contributed by atoms with E-state index in [0.717, 1.165) is 19.4 Å². The lowest BCUT2D eigenvalue weighted by Crippen LogP contribution is -2.14. The van der Waals surface area contributed by atoms with E-state index in [0.29, 0.717) is 17.0 Å². The molecule has 0 aromatic heterocycles. The normalized spacial score (nSPS) is 19.5. The molecule has 0 radical (unpaired) electrons. The molecule has 1 aliphatic heterocycles. The van der Waals surface area contributed by atoms with Crippen LogP contribution in [0.3, 0.4) is 0 Å². The highest BCUT2D eigenvalue weighted by molar-refractivity contribution is 6.31. The zero-order chi connectivity index (χ0) is 12.3. The van der Waals surface area contributed by atoms with Crippen molar-refractivity contribution < 1.29 is 13.9 Å². The Morgan fingerprint density at radius 3 is 3.00 bits per heavy atom. The fraction of sp³-hybridized carbons (Fsp3) is 0.462. The number of rotatable bonds is 4. The Balaban J connectivity index is 1.93. The van der Waals surface area contributed by atoms with Gasteiger partial charge < -0.3 is 4.74 Å². The number of ketones is 1. The molecule has 1 heterocycles. The first-order valence-corrected chi connectivity index (χ1v) is 6.10. The summed E-state index contributed by atoms with van der Waals surface area (Å²) in [4.78, 5) is 11.8. The zero-order valence-electron chi connectivity index (χ0n) is 9.42. The van der Waals surface area contributed by atoms with Crippen LogP contribution in [0.5, 0.6) is 0 Å². The molecule has 0 saturated carbocycles. The topological polar surface area (TPSA) is 26.3 Å². The van der Waals surface area contributed by atoms with E-state index in [4.69, 9.17) is 16.3 Å². The summed E-state index contributed by atoms with van der Waals surface area (Å²) in [6.07, 6.45) is 2.70. The van der Waals surface area contributed by atoms with Gasteiger partial charge in [-0.15, -0.1) is 0 Å². The van der Waals surface area contributed by atoms with Gasteiger partial charge in [-0.3, -0.25) is 4.79 Å². The maximum absolute atomic E-state index is 12.8. The van der Waals surface area contributed by atoms with Crippen LogP contribution in [0.2, 0.25) is 5.02 Å². The first-order chi connectivity index (χ1) is 8.15. The molecule has 1 unspecified atom stereocenters. The first-order valence-electron chi connectivity index (χ1n) is 5.72. The van der Waals surface area contributed by atoms with Gasteiger partial charge in [0.15, 0.2) is 0 Å². The minimum absolute atomic E-state index is 0.0572. The average Bonchev–Trinajstić information content (AvgIpc) is 2.75. The van der Waals surface area contributed by atoms with E-state index in [1.54, 1.807) is 6.07 Å². The Morgan fingerprint density at radius 1 is 1.53 bits per heavy atom. The number of benzene rings is 1. The van der Waals surface area contributed by atoms with E-state index in [1.165, 1.54) is 12.1 Å². The highest BCUT2D eigenvalue weighted by Crippen LogP contribution is 2.20. The molecule has 1 atom stereocenters. The smallest absolute Gasteiger partial charge is 0.139 e. The number of carbonyl (C=O) groups excluding carboxylic acids is 1. The van der Waals surface area contributed by atoms with Crippen molar-refractivity contribution in [1.82, 2.24) is 0 Å². The molecule has 2 rings (SSSR count). The van der Waals surface area contributed by atoms with Gasteiger partial charge in [-0.05, 0) is 30.5 Å². The Morgan fingerprint density at radius 2 is 2.35 bits per heavy atom. The lowest BCUT2D eigenvalue weighted by Gasteiger charge is -2.08. The molecule has 1 fully saturated rings. The summed E-state index contributed by atoms with van der Waals surface area (Å²) < 4.78 is 18.2. The monoisotopic (exact) mass is 256 g/mol. The average molecular weight is 257 g/mol. The van der Waals surface area contributed by atoms with Crippen LogP contribution in [0.25, 0.3) is 0 Å². The molecule has 0 N–H and O–H groups in total. The minimum atomic E-state index is -0.384. The second kappa shape index (κ2) is 5.61. The fourth-order valence-electron chi connectivity index (χ4n) is 2.01. The molecule has 92 valence electrons. The van der Waals surface area contributed by atoms with Crippen molar-refractivity contribution >= 4 is 17.4 Å². The van der Waals surface area contributed by atoms with E-state index in [2.05, 4.69) is 0 Å². The van der Waals surface area contributed by atoms with Gasteiger partial charge in [0.1, 0.15) is 11.6 Å². The fourth-order valence-corrected chi connectivity index (χ4v) is 2.24. The molecule has 1 saturated heterocycles. The van der Waals surface area contributed by atoms with Crippen LogP contribution in [-0.4, -0.2) is 18.5 Å². The van der Waals surface area contributed by atoms with Crippen molar-refractivity contribution in [2.75, 3.05) is 6.61 Å². The summed E-state index contributed by atoms with van der Waals surface area (Å²) >= 11 is 5.87. The highest BCUT2D eigenvalue weighted by Gasteiger charge is 2.19. The van der Waals surface area contributed by atoms with Crippen molar-refractivity contribution in [2.24, 2.45) is 0 Å². The molecule has 1 aromatic carbocycles. The Hall–Kier alpha value is -0.930. The molecule has 1 aliphatic rings. The highest BCUT2D eigenvalue weighted by atomic mass is 35.5. The molecule has 0 amide bonds. The van der Waals surface area contributed by atoms with Gasteiger partial charge in [-0.2, -0.15) is 0 Å². The van der Waals surface area contributed by atoms with E-state index in [-0.39, 0.29) is 24.1 Å². The molecule has 4 heteroatoms. The summed E-state index contributed by atoms with van der Waals surface area (Å²) in [5, 5.41) is 0.311. The molecule has 17 heavy (non-hydrogen) atoms. The molecule has 0 aliphatic carbocycles. The maximum Gasteiger partial charge on any atom is 0.139 e. The predicted molar refractivity (Wildman–Crippen MR) is 63.7 cm³/mol. The predicted octanol–water partition coefficient (Wildman–Crippen LogP) is 3.16. The van der Waals surface area contributed by atoms with Crippen LogP contribution in [-0.2, 0) is 16.0 Å². The Kier molecular flexibility index (Phi) is 4.13. The summed E-state index contributed by atoms with van der Waals surface area (Å²) in [6, 6.07) is 4.11. The van der Waals surface area contributed by atoms with Gasteiger partial charge in [-0.1, -0.05) is 17.7 Å². The molecular weight excluding hydrogens is 243 g/mol. The van der Waals surface area contributed by atoms with Gasteiger partial charge in [-0.25, -0.2) is 4.39 Å². The van der Waals surface area contributed by atoms with Gasteiger partial charge in [0.05, 0.1) is 6.10 Å². The van der Waals surface area contributed by atoms with Gasteiger partial charge in [0.2, 0.25) is 0 Å². The third kappa shape index (κ3) is 3.51. The van der Waals surface area contributed by atoms with Crippen molar-refractivity contribution in [1.29, 1.82) is 0 Å². The second-order valence-corrected chi connectivity index (χ2v) is 4.70. The number of hydrogen-bond acceptors (Lipinski definition) is 2. The number of carbonyl (C=O) groups is 1. The van der Waals surface area contributed by atoms with Crippen molar-refractivity contribution in [3.05, 3.63) is 34.6 Å². The van der Waals surface area contributed by atoms with Crippen molar-refractivity contribution in [3.8, 4) is 0 Å². The van der Waals surface area contributed by atoms with Gasteiger partial charge in [0, 0.05) is 24.5 Å². The quantitative estimate of drug-likeness (QED) is 0.827. The second-order valence-electron chi connectivity index (χ2n) is 4.29. The lowest BCUT2D eigenvalue weighted by molar-refractivity contribution is -0.120. The van der Waals surface area contributed by atoms with Crippen LogP contribution in [0.4, 0.5) is 4.39 Å². The Labute approximate surface area is 105 Å². The van der Waals surface area contributed by atoms with Crippen molar-refractivity contribution in [2.45, 2.75) is 31.8 Å². The van der Waals surface area contributed by atoms with Crippen LogP contribution >= 0.6 is 11.6 Å². The number of halogens is 2. The van der Waals surface area contributed by atoms with Gasteiger partial charge >= 0.3 is 0 Å². The molecule has 0 bridgehead atoms. The maximum atomic E-state index is 12.8. The summed E-state index contributed by atoms with van der Waals surface area (Å²) in [6.45, 7) is 0.745. The van der Waals surface area contributed by atoms with Crippen LogP contribution < -0.4 is 0 Å². The molecule has 2 nitrogen and oxygen atoms in total. The number of ether oxygens (including phenoxy) is 1.